The Bertz CT molecular complexity index is 147. The minimum atomic E-state index is -4.45. The largest absolute Gasteiger partial charge is 0.746 e. The summed E-state index contributed by atoms with van der Waals surface area (Å²) in [5.74, 6) is 0. The summed E-state index contributed by atoms with van der Waals surface area (Å²) in [6.07, 6.45) is -0.0498. The first-order valence-electron chi connectivity index (χ1n) is 2.11. The van der Waals surface area contributed by atoms with Crippen molar-refractivity contribution >= 4 is 10.1 Å². The van der Waals surface area contributed by atoms with Gasteiger partial charge in [-0.1, -0.05) is 6.92 Å². The molecule has 1 N–H and O–H groups in total. The molecule has 0 saturated heterocycles. The van der Waals surface area contributed by atoms with Crippen molar-refractivity contribution in [3.05, 3.63) is 0 Å². The van der Waals surface area contributed by atoms with Gasteiger partial charge in [0.1, 0.15) is 15.6 Å². The summed E-state index contributed by atoms with van der Waals surface area (Å²) >= 11 is 0. The monoisotopic (exact) mass is 139 g/mol. The first kappa shape index (κ1) is 7.87. The molecule has 0 saturated carbocycles. The van der Waals surface area contributed by atoms with Crippen LogP contribution in [0.15, 0.2) is 0 Å². The Balaban J connectivity index is 4.04. The van der Waals surface area contributed by atoms with E-state index in [0.717, 1.165) is 0 Å². The van der Waals surface area contributed by atoms with Crippen molar-refractivity contribution in [3.8, 4) is 0 Å². The van der Waals surface area contributed by atoms with Crippen LogP contribution >= 0.6 is 0 Å². The lowest BCUT2D eigenvalue weighted by molar-refractivity contribution is 0.227. The molecule has 5 heteroatoms. The standard InChI is InChI=1S/C3H8O4S/c1-2-3(4)8(5,6)7/h3-4H,2H2,1H3,(H,5,6,7)/p-1. The lowest BCUT2D eigenvalue weighted by Gasteiger charge is -2.10. The van der Waals surface area contributed by atoms with Gasteiger partial charge in [-0.05, 0) is 6.42 Å². The molecule has 0 aromatic rings. The van der Waals surface area contributed by atoms with Crippen LogP contribution in [0.3, 0.4) is 0 Å². The van der Waals surface area contributed by atoms with Crippen LogP contribution in [0, 0.1) is 0 Å². The Kier molecular flexibility index (Phi) is 2.39. The summed E-state index contributed by atoms with van der Waals surface area (Å²) in [6.45, 7) is 1.42. The first-order chi connectivity index (χ1) is 3.48. The van der Waals surface area contributed by atoms with E-state index in [1.807, 2.05) is 0 Å². The lowest BCUT2D eigenvalue weighted by atomic mass is 10.5. The van der Waals surface area contributed by atoms with Crippen LogP contribution in [-0.2, 0) is 10.1 Å². The zero-order valence-electron chi connectivity index (χ0n) is 4.36. The number of rotatable bonds is 2. The van der Waals surface area contributed by atoms with E-state index in [1.54, 1.807) is 0 Å². The highest BCUT2D eigenvalue weighted by Gasteiger charge is 2.06. The quantitative estimate of drug-likeness (QED) is 0.511. The maximum absolute atomic E-state index is 9.76. The molecule has 0 aliphatic heterocycles. The van der Waals surface area contributed by atoms with Crippen molar-refractivity contribution in [1.82, 2.24) is 0 Å². The van der Waals surface area contributed by atoms with Crippen molar-refractivity contribution in [2.75, 3.05) is 0 Å². The maximum Gasteiger partial charge on any atom is 0.143 e. The van der Waals surface area contributed by atoms with Gasteiger partial charge in [-0.3, -0.25) is 0 Å². The Labute approximate surface area is 47.9 Å². The molecule has 1 unspecified atom stereocenters. The normalized spacial score (nSPS) is 15.9. The summed E-state index contributed by atoms with van der Waals surface area (Å²) in [4.78, 5) is 0. The van der Waals surface area contributed by atoms with Gasteiger partial charge in [0.05, 0.1) is 0 Å². The predicted molar refractivity (Wildman–Crippen MR) is 26.0 cm³/mol. The van der Waals surface area contributed by atoms with E-state index in [9.17, 15) is 13.0 Å². The van der Waals surface area contributed by atoms with E-state index in [-0.39, 0.29) is 6.42 Å². The minimum Gasteiger partial charge on any atom is -0.746 e. The first-order valence-corrected chi connectivity index (χ1v) is 3.58. The second-order valence-corrected chi connectivity index (χ2v) is 2.89. The summed E-state index contributed by atoms with van der Waals surface area (Å²) in [5.41, 5.74) is -1.73. The van der Waals surface area contributed by atoms with Crippen molar-refractivity contribution in [3.63, 3.8) is 0 Å². The van der Waals surface area contributed by atoms with E-state index in [4.69, 9.17) is 5.11 Å². The minimum absolute atomic E-state index is 0.0498. The smallest absolute Gasteiger partial charge is 0.143 e. The van der Waals surface area contributed by atoms with Gasteiger partial charge >= 0.3 is 0 Å². The fourth-order valence-electron chi connectivity index (χ4n) is 0.204. The summed E-state index contributed by atoms with van der Waals surface area (Å²) in [6, 6.07) is 0. The van der Waals surface area contributed by atoms with E-state index < -0.39 is 15.6 Å². The third-order valence-electron chi connectivity index (χ3n) is 0.682. The van der Waals surface area contributed by atoms with E-state index >= 15 is 0 Å². The van der Waals surface area contributed by atoms with Crippen LogP contribution in [0.5, 0.6) is 0 Å². The molecule has 4 nitrogen and oxygen atoms in total. The Morgan fingerprint density at radius 1 is 1.75 bits per heavy atom. The topological polar surface area (TPSA) is 77.4 Å². The van der Waals surface area contributed by atoms with Crippen LogP contribution in [0.1, 0.15) is 13.3 Å². The lowest BCUT2D eigenvalue weighted by Crippen LogP contribution is -2.18. The molecular weight excluding hydrogens is 132 g/mol. The molecule has 50 valence electrons. The highest BCUT2D eigenvalue weighted by Crippen LogP contribution is 1.96. The number of aliphatic hydroxyl groups is 1. The maximum atomic E-state index is 9.76. The van der Waals surface area contributed by atoms with Crippen LogP contribution < -0.4 is 0 Å². The second kappa shape index (κ2) is 2.43. The average molecular weight is 139 g/mol. The molecule has 0 aromatic heterocycles. The van der Waals surface area contributed by atoms with Gasteiger partial charge in [0.25, 0.3) is 0 Å². The Morgan fingerprint density at radius 3 is 2.12 bits per heavy atom. The molecule has 1 atom stereocenters. The van der Waals surface area contributed by atoms with Crippen molar-refractivity contribution in [2.45, 2.75) is 18.8 Å². The van der Waals surface area contributed by atoms with Gasteiger partial charge in [0.15, 0.2) is 0 Å². The molecule has 0 aliphatic carbocycles. The average Bonchev–Trinajstić information content (AvgIpc) is 1.62. The number of aliphatic hydroxyl groups excluding tert-OH is 1. The van der Waals surface area contributed by atoms with Crippen LogP contribution in [-0.4, -0.2) is 23.5 Å². The van der Waals surface area contributed by atoms with Crippen LogP contribution in [0.4, 0.5) is 0 Å². The van der Waals surface area contributed by atoms with Crippen molar-refractivity contribution < 1.29 is 18.1 Å². The van der Waals surface area contributed by atoms with Crippen LogP contribution in [0.25, 0.3) is 0 Å². The van der Waals surface area contributed by atoms with Crippen molar-refractivity contribution in [2.24, 2.45) is 0 Å². The molecule has 0 fully saturated rings. The molecule has 0 aromatic carbocycles. The van der Waals surface area contributed by atoms with Gasteiger partial charge < -0.3 is 9.66 Å². The Morgan fingerprint density at radius 2 is 2.12 bits per heavy atom. The Hall–Kier alpha value is -0.130. The zero-order chi connectivity index (χ0) is 6.78. The molecule has 0 bridgehead atoms. The molecule has 0 amide bonds. The van der Waals surface area contributed by atoms with Gasteiger partial charge in [0, 0.05) is 0 Å². The zero-order valence-corrected chi connectivity index (χ0v) is 5.18. The molecule has 8 heavy (non-hydrogen) atoms. The highest BCUT2D eigenvalue weighted by atomic mass is 32.2. The SMILES string of the molecule is CCC(O)S(=O)(=O)[O-]. The van der Waals surface area contributed by atoms with Gasteiger partial charge in [-0.15, -0.1) is 0 Å². The molecule has 0 spiro atoms. The molecule has 0 heterocycles. The predicted octanol–water partition coefficient (Wildman–Crippen LogP) is -0.740. The van der Waals surface area contributed by atoms with Crippen LogP contribution in [0.2, 0.25) is 0 Å². The molecular formula is C3H7O4S-. The van der Waals surface area contributed by atoms with E-state index in [1.165, 1.54) is 6.92 Å². The third kappa shape index (κ3) is 2.25. The number of hydrogen-bond acceptors (Lipinski definition) is 4. The fraction of sp³-hybridized carbons (Fsp3) is 1.00. The third-order valence-corrected chi connectivity index (χ3v) is 1.68. The summed E-state index contributed by atoms with van der Waals surface area (Å²) < 4.78 is 29.3. The highest BCUT2D eigenvalue weighted by molar-refractivity contribution is 7.86. The van der Waals surface area contributed by atoms with Crippen molar-refractivity contribution in [1.29, 1.82) is 0 Å². The van der Waals surface area contributed by atoms with Gasteiger partial charge in [0.2, 0.25) is 0 Å². The van der Waals surface area contributed by atoms with E-state index in [0.29, 0.717) is 0 Å². The van der Waals surface area contributed by atoms with E-state index in [2.05, 4.69) is 0 Å². The second-order valence-electron chi connectivity index (χ2n) is 1.36. The molecule has 0 radical (unpaired) electrons. The summed E-state index contributed by atoms with van der Waals surface area (Å²) in [5, 5.41) is 8.29. The van der Waals surface area contributed by atoms with Gasteiger partial charge in [-0.25, -0.2) is 8.42 Å². The summed E-state index contributed by atoms with van der Waals surface area (Å²) in [7, 11) is -4.45. The fourth-order valence-corrected chi connectivity index (χ4v) is 0.612. The molecule has 0 rings (SSSR count). The molecule has 0 aliphatic rings. The van der Waals surface area contributed by atoms with Gasteiger partial charge in [-0.2, -0.15) is 0 Å². The number of hydrogen-bond donors (Lipinski definition) is 1.